The summed E-state index contributed by atoms with van der Waals surface area (Å²) < 4.78 is 7.11. The monoisotopic (exact) mass is 280 g/mol. The van der Waals surface area contributed by atoms with Crippen LogP contribution in [0.2, 0.25) is 0 Å². The van der Waals surface area contributed by atoms with E-state index in [1.54, 1.807) is 23.7 Å². The Bertz CT molecular complexity index is 617. The second kappa shape index (κ2) is 4.98. The van der Waals surface area contributed by atoms with Crippen LogP contribution in [0.4, 0.5) is 5.82 Å². The zero-order valence-corrected chi connectivity index (χ0v) is 10.8. The van der Waals surface area contributed by atoms with E-state index in [0.29, 0.717) is 11.5 Å². The van der Waals surface area contributed by atoms with E-state index in [4.69, 9.17) is 9.84 Å². The molecule has 1 saturated heterocycles. The number of aromatic nitrogens is 3. The second-order valence-corrected chi connectivity index (χ2v) is 4.67. The molecule has 0 saturated carbocycles. The topological polar surface area (TPSA) is 112 Å². The predicted octanol–water partition coefficient (Wildman–Crippen LogP) is -1.07. The van der Waals surface area contributed by atoms with Crippen molar-refractivity contribution in [3.8, 4) is 0 Å². The molecule has 1 aliphatic heterocycles. The van der Waals surface area contributed by atoms with E-state index in [-0.39, 0.29) is 6.61 Å². The zero-order valence-electron chi connectivity index (χ0n) is 10.8. The first kappa shape index (κ1) is 13.3. The average Bonchev–Trinajstić information content (AvgIpc) is 3.01. The maximum Gasteiger partial charge on any atom is 0.153 e. The fraction of sp³-hybridized carbons (Fsp3) is 0.500. The Kier molecular flexibility index (Phi) is 3.30. The fourth-order valence-electron chi connectivity index (χ4n) is 2.51. The molecule has 0 bridgehead atoms. The SMILES string of the molecule is CNc1ncnn2c([C@@H]3O[C@H](CO)[C@@H](O)[C@H]3O)ccc12. The van der Waals surface area contributed by atoms with Crippen LogP contribution in [0.25, 0.3) is 5.52 Å². The molecule has 0 unspecified atom stereocenters. The lowest BCUT2D eigenvalue weighted by atomic mass is 10.1. The van der Waals surface area contributed by atoms with Crippen LogP contribution in [0.15, 0.2) is 18.5 Å². The minimum atomic E-state index is -1.12. The summed E-state index contributed by atoms with van der Waals surface area (Å²) in [6.45, 7) is -0.352. The van der Waals surface area contributed by atoms with Crippen LogP contribution in [0.1, 0.15) is 11.8 Å². The largest absolute Gasteiger partial charge is 0.394 e. The van der Waals surface area contributed by atoms with Gasteiger partial charge >= 0.3 is 0 Å². The standard InChI is InChI=1S/C12H16N4O4/c1-13-12-7-3-2-6(16(7)15-5-14-12)11-10(19)9(18)8(4-17)20-11/h2-3,5,8-11,17-19H,4H2,1H3,(H,13,14,15)/t8-,9-,10-,11+/m1/s1. The Morgan fingerprint density at radius 1 is 1.35 bits per heavy atom. The lowest BCUT2D eigenvalue weighted by molar-refractivity contribution is -0.0244. The van der Waals surface area contributed by atoms with Gasteiger partial charge in [-0.15, -0.1) is 0 Å². The summed E-state index contributed by atoms with van der Waals surface area (Å²) in [6, 6.07) is 3.56. The summed E-state index contributed by atoms with van der Waals surface area (Å²) in [4.78, 5) is 4.09. The number of aliphatic hydroxyl groups excluding tert-OH is 3. The molecule has 0 aromatic carbocycles. The molecule has 4 atom stereocenters. The molecule has 8 heteroatoms. The number of nitrogens with zero attached hydrogens (tertiary/aromatic N) is 3. The number of rotatable bonds is 3. The molecule has 2 aromatic heterocycles. The maximum absolute atomic E-state index is 10.1. The highest BCUT2D eigenvalue weighted by Gasteiger charge is 2.44. The van der Waals surface area contributed by atoms with Crippen molar-refractivity contribution in [2.24, 2.45) is 0 Å². The Balaban J connectivity index is 2.03. The quantitative estimate of drug-likeness (QED) is 0.566. The van der Waals surface area contributed by atoms with Crippen molar-refractivity contribution in [1.29, 1.82) is 0 Å². The minimum absolute atomic E-state index is 0.352. The smallest absolute Gasteiger partial charge is 0.153 e. The molecule has 4 N–H and O–H groups in total. The highest BCUT2D eigenvalue weighted by molar-refractivity contribution is 5.67. The number of hydrogen-bond donors (Lipinski definition) is 4. The highest BCUT2D eigenvalue weighted by Crippen LogP contribution is 2.34. The Morgan fingerprint density at radius 2 is 2.15 bits per heavy atom. The van der Waals surface area contributed by atoms with Gasteiger partial charge in [0.05, 0.1) is 12.3 Å². The number of anilines is 1. The first-order valence-electron chi connectivity index (χ1n) is 6.30. The van der Waals surface area contributed by atoms with E-state index in [2.05, 4.69) is 15.4 Å². The Morgan fingerprint density at radius 3 is 2.80 bits per heavy atom. The van der Waals surface area contributed by atoms with Crippen molar-refractivity contribution in [3.63, 3.8) is 0 Å². The second-order valence-electron chi connectivity index (χ2n) is 4.67. The van der Waals surface area contributed by atoms with Crippen molar-refractivity contribution in [1.82, 2.24) is 14.6 Å². The van der Waals surface area contributed by atoms with Crippen molar-refractivity contribution < 1.29 is 20.1 Å². The molecule has 0 aliphatic carbocycles. The van der Waals surface area contributed by atoms with Crippen molar-refractivity contribution in [2.45, 2.75) is 24.4 Å². The van der Waals surface area contributed by atoms with E-state index >= 15 is 0 Å². The molecule has 1 fully saturated rings. The molecule has 1 aliphatic rings. The number of hydrogen-bond acceptors (Lipinski definition) is 7. The van der Waals surface area contributed by atoms with Crippen molar-refractivity contribution >= 4 is 11.3 Å². The molecule has 0 spiro atoms. The molecule has 20 heavy (non-hydrogen) atoms. The van der Waals surface area contributed by atoms with E-state index in [9.17, 15) is 10.2 Å². The number of fused-ring (bicyclic) bond motifs is 1. The van der Waals surface area contributed by atoms with Gasteiger partial charge < -0.3 is 25.4 Å². The van der Waals surface area contributed by atoms with Gasteiger partial charge in [0, 0.05) is 7.05 Å². The van der Waals surface area contributed by atoms with Gasteiger partial charge in [0.15, 0.2) is 5.82 Å². The van der Waals surface area contributed by atoms with Gasteiger partial charge in [-0.3, -0.25) is 0 Å². The van der Waals surface area contributed by atoms with Crippen LogP contribution in [0.5, 0.6) is 0 Å². The maximum atomic E-state index is 10.1. The summed E-state index contributed by atoms with van der Waals surface area (Å²) in [5.74, 6) is 0.651. The van der Waals surface area contributed by atoms with Crippen LogP contribution in [0, 0.1) is 0 Å². The van der Waals surface area contributed by atoms with E-state index < -0.39 is 24.4 Å². The van der Waals surface area contributed by atoms with Gasteiger partial charge in [-0.05, 0) is 12.1 Å². The molecular weight excluding hydrogens is 264 g/mol. The molecule has 3 rings (SSSR count). The van der Waals surface area contributed by atoms with Gasteiger partial charge in [0.1, 0.15) is 36.3 Å². The summed E-state index contributed by atoms with van der Waals surface area (Å²) >= 11 is 0. The summed E-state index contributed by atoms with van der Waals surface area (Å²) in [5, 5.41) is 36.1. The van der Waals surface area contributed by atoms with E-state index in [0.717, 1.165) is 5.52 Å². The fourth-order valence-corrected chi connectivity index (χ4v) is 2.51. The summed E-state index contributed by atoms with van der Waals surface area (Å²) in [5.41, 5.74) is 1.34. The highest BCUT2D eigenvalue weighted by atomic mass is 16.6. The first-order chi connectivity index (χ1) is 9.67. The number of nitrogens with one attached hydrogen (secondary N) is 1. The van der Waals surface area contributed by atoms with Gasteiger partial charge in [-0.2, -0.15) is 5.10 Å². The first-order valence-corrected chi connectivity index (χ1v) is 6.30. The Hall–Kier alpha value is -1.74. The van der Waals surface area contributed by atoms with Gasteiger partial charge in [0.25, 0.3) is 0 Å². The number of ether oxygens (including phenoxy) is 1. The molecule has 3 heterocycles. The van der Waals surface area contributed by atoms with Crippen LogP contribution in [0.3, 0.4) is 0 Å². The molecule has 0 amide bonds. The normalized spacial score (nSPS) is 30.0. The van der Waals surface area contributed by atoms with Crippen LogP contribution < -0.4 is 5.32 Å². The van der Waals surface area contributed by atoms with E-state index in [1.165, 1.54) is 6.33 Å². The average molecular weight is 280 g/mol. The van der Waals surface area contributed by atoms with Crippen molar-refractivity contribution in [2.75, 3.05) is 19.0 Å². The van der Waals surface area contributed by atoms with Crippen molar-refractivity contribution in [3.05, 3.63) is 24.2 Å². The molecular formula is C12H16N4O4. The minimum Gasteiger partial charge on any atom is -0.394 e. The molecule has 8 nitrogen and oxygen atoms in total. The Labute approximate surface area is 114 Å². The molecule has 0 radical (unpaired) electrons. The lowest BCUT2D eigenvalue weighted by Crippen LogP contribution is -2.32. The zero-order chi connectivity index (χ0) is 14.3. The van der Waals surface area contributed by atoms with Gasteiger partial charge in [-0.1, -0.05) is 0 Å². The molecule has 2 aromatic rings. The third kappa shape index (κ3) is 1.85. The predicted molar refractivity (Wildman–Crippen MR) is 69.2 cm³/mol. The summed E-state index contributed by atoms with van der Waals surface area (Å²) in [7, 11) is 1.75. The van der Waals surface area contributed by atoms with E-state index in [1.807, 2.05) is 0 Å². The van der Waals surface area contributed by atoms with Crippen LogP contribution >= 0.6 is 0 Å². The van der Waals surface area contributed by atoms with Gasteiger partial charge in [0.2, 0.25) is 0 Å². The van der Waals surface area contributed by atoms with Gasteiger partial charge in [-0.25, -0.2) is 9.50 Å². The molecule has 108 valence electrons. The van der Waals surface area contributed by atoms with Crippen LogP contribution in [-0.4, -0.2) is 61.9 Å². The third-order valence-corrected chi connectivity index (χ3v) is 3.55. The third-order valence-electron chi connectivity index (χ3n) is 3.55. The van der Waals surface area contributed by atoms with Crippen LogP contribution in [-0.2, 0) is 4.74 Å². The summed E-state index contributed by atoms with van der Waals surface area (Å²) in [6.07, 6.45) is -2.39. The lowest BCUT2D eigenvalue weighted by Gasteiger charge is -2.14. The number of aliphatic hydroxyl groups is 3.